The molecule has 2 aliphatic heterocycles. The molecule has 4 heteroatoms. The van der Waals surface area contributed by atoms with Gasteiger partial charge in [0.25, 0.3) is 0 Å². The molecule has 3 aliphatic rings. The topological polar surface area (TPSA) is 46.6 Å². The van der Waals surface area contributed by atoms with Crippen molar-refractivity contribution >= 4 is 12.4 Å². The van der Waals surface area contributed by atoms with Gasteiger partial charge in [-0.25, -0.2) is 4.79 Å². The molecule has 18 heavy (non-hydrogen) atoms. The summed E-state index contributed by atoms with van der Waals surface area (Å²) in [5.74, 6) is 0.486. The van der Waals surface area contributed by atoms with Crippen molar-refractivity contribution in [1.82, 2.24) is 4.90 Å². The minimum absolute atomic E-state index is 0.260. The summed E-state index contributed by atoms with van der Waals surface area (Å²) < 4.78 is 5.26. The Labute approximate surface area is 106 Å². The normalized spacial score (nSPS) is 28.7. The first-order valence-electron chi connectivity index (χ1n) is 6.18. The van der Waals surface area contributed by atoms with Gasteiger partial charge < -0.3 is 9.53 Å². The second-order valence-corrected chi connectivity index (χ2v) is 5.15. The average molecular weight is 245 g/mol. The van der Waals surface area contributed by atoms with Gasteiger partial charge in [0.2, 0.25) is 0 Å². The Hall–Kier alpha value is -1.84. The molecule has 1 aliphatic carbocycles. The maximum Gasteiger partial charge on any atom is 0.410 e. The van der Waals surface area contributed by atoms with E-state index in [0.29, 0.717) is 12.5 Å². The summed E-state index contributed by atoms with van der Waals surface area (Å²) in [5.41, 5.74) is 0.399. The summed E-state index contributed by atoms with van der Waals surface area (Å²) in [4.78, 5) is 24.7. The number of hydrogen-bond donors (Lipinski definition) is 0. The van der Waals surface area contributed by atoms with Crippen molar-refractivity contribution in [3.05, 3.63) is 35.9 Å². The average Bonchev–Trinajstić information content (AvgIpc) is 2.92. The highest BCUT2D eigenvalue weighted by Crippen LogP contribution is 2.49. The van der Waals surface area contributed by atoms with Crippen LogP contribution in [0.2, 0.25) is 0 Å². The second-order valence-electron chi connectivity index (χ2n) is 5.15. The molecular weight excluding hydrogens is 230 g/mol. The molecule has 4 nitrogen and oxygen atoms in total. The van der Waals surface area contributed by atoms with Gasteiger partial charge in [0, 0.05) is 6.54 Å². The minimum atomic E-state index is -0.557. The number of fused-ring (bicyclic) bond motifs is 1. The first-order chi connectivity index (χ1) is 8.73. The lowest BCUT2D eigenvalue weighted by molar-refractivity contribution is -0.118. The van der Waals surface area contributed by atoms with Crippen molar-refractivity contribution in [3.63, 3.8) is 0 Å². The smallest absolute Gasteiger partial charge is 0.410 e. The van der Waals surface area contributed by atoms with E-state index >= 15 is 0 Å². The van der Waals surface area contributed by atoms with Crippen molar-refractivity contribution in [3.8, 4) is 0 Å². The van der Waals surface area contributed by atoms with Gasteiger partial charge in [-0.1, -0.05) is 30.3 Å². The maximum atomic E-state index is 12.0. The Morgan fingerprint density at radius 2 is 2.11 bits per heavy atom. The molecule has 4 rings (SSSR count). The maximum absolute atomic E-state index is 12.0. The molecule has 0 atom stereocenters. The first-order valence-corrected chi connectivity index (χ1v) is 6.18. The second kappa shape index (κ2) is 4.12. The van der Waals surface area contributed by atoms with Crippen LogP contribution < -0.4 is 0 Å². The summed E-state index contributed by atoms with van der Waals surface area (Å²) in [6.07, 6.45) is 2.14. The van der Waals surface area contributed by atoms with Gasteiger partial charge in [-0.05, 0) is 24.3 Å². The molecule has 1 aromatic carbocycles. The van der Waals surface area contributed by atoms with Crippen LogP contribution in [-0.4, -0.2) is 29.4 Å². The van der Waals surface area contributed by atoms with Crippen molar-refractivity contribution < 1.29 is 14.3 Å². The number of benzene rings is 1. The fourth-order valence-corrected chi connectivity index (χ4v) is 2.94. The molecule has 0 aromatic heterocycles. The van der Waals surface area contributed by atoms with Crippen LogP contribution in [0, 0.1) is 5.92 Å². The monoisotopic (exact) mass is 245 g/mol. The fraction of sp³-hybridized carbons (Fsp3) is 0.429. The van der Waals surface area contributed by atoms with Crippen LogP contribution in [0.1, 0.15) is 18.4 Å². The molecule has 0 radical (unpaired) electrons. The first kappa shape index (κ1) is 11.3. The molecule has 1 amide bonds. The highest BCUT2D eigenvalue weighted by molar-refractivity contribution is 5.79. The molecule has 0 unspecified atom stereocenters. The summed E-state index contributed by atoms with van der Waals surface area (Å²) >= 11 is 0. The Morgan fingerprint density at radius 3 is 2.78 bits per heavy atom. The Bertz CT molecular complexity index is 465. The van der Waals surface area contributed by atoms with E-state index in [1.54, 1.807) is 4.90 Å². The number of aldehydes is 1. The lowest BCUT2D eigenvalue weighted by atomic mass is 9.74. The lowest BCUT2D eigenvalue weighted by Gasteiger charge is -2.36. The summed E-state index contributed by atoms with van der Waals surface area (Å²) in [6, 6.07) is 9.55. The van der Waals surface area contributed by atoms with Crippen molar-refractivity contribution in [2.45, 2.75) is 25.0 Å². The zero-order chi connectivity index (χ0) is 12.6. The Morgan fingerprint density at radius 1 is 1.39 bits per heavy atom. The summed E-state index contributed by atoms with van der Waals surface area (Å²) in [5, 5.41) is 0. The lowest BCUT2D eigenvalue weighted by Crippen LogP contribution is -2.49. The molecule has 2 bridgehead atoms. The number of ether oxygens (including phenoxy) is 1. The molecule has 2 saturated heterocycles. The number of nitrogens with zero attached hydrogens (tertiary/aromatic N) is 1. The number of carbonyl (C=O) groups is 2. The van der Waals surface area contributed by atoms with E-state index in [2.05, 4.69) is 0 Å². The zero-order valence-electron chi connectivity index (χ0n) is 10.0. The van der Waals surface area contributed by atoms with Crippen LogP contribution in [0.15, 0.2) is 30.3 Å². The van der Waals surface area contributed by atoms with Gasteiger partial charge in [0.05, 0.1) is 0 Å². The highest BCUT2D eigenvalue weighted by atomic mass is 16.6. The number of hydrogen-bond acceptors (Lipinski definition) is 3. The molecule has 1 saturated carbocycles. The molecule has 1 aromatic rings. The Balaban J connectivity index is 1.61. The van der Waals surface area contributed by atoms with E-state index in [9.17, 15) is 9.59 Å². The van der Waals surface area contributed by atoms with Crippen LogP contribution in [0.25, 0.3) is 0 Å². The predicted octanol–water partition coefficient (Wildman–Crippen LogP) is 1.99. The molecular formula is C14H15NO3. The Kier molecular flexibility index (Phi) is 2.58. The SMILES string of the molecule is O=CC12CC(CN1C(=O)OCc1ccccc1)C2. The molecule has 94 valence electrons. The quantitative estimate of drug-likeness (QED) is 0.765. The van der Waals surface area contributed by atoms with Crippen molar-refractivity contribution in [1.29, 1.82) is 0 Å². The molecule has 2 heterocycles. The van der Waals surface area contributed by atoms with E-state index in [4.69, 9.17) is 4.74 Å². The van der Waals surface area contributed by atoms with Gasteiger partial charge in [-0.15, -0.1) is 0 Å². The van der Waals surface area contributed by atoms with Gasteiger partial charge >= 0.3 is 6.09 Å². The minimum Gasteiger partial charge on any atom is -0.445 e. The van der Waals surface area contributed by atoms with Gasteiger partial charge in [-0.2, -0.15) is 0 Å². The molecule has 0 spiro atoms. The van der Waals surface area contributed by atoms with Crippen LogP contribution in [0.3, 0.4) is 0 Å². The van der Waals surface area contributed by atoms with Crippen LogP contribution >= 0.6 is 0 Å². The van der Waals surface area contributed by atoms with Crippen LogP contribution in [-0.2, 0) is 16.1 Å². The van der Waals surface area contributed by atoms with Crippen molar-refractivity contribution in [2.24, 2.45) is 5.92 Å². The largest absolute Gasteiger partial charge is 0.445 e. The van der Waals surface area contributed by atoms with Gasteiger partial charge in [-0.3, -0.25) is 4.90 Å². The highest BCUT2D eigenvalue weighted by Gasteiger charge is 2.58. The van der Waals surface area contributed by atoms with Gasteiger partial charge in [0.1, 0.15) is 18.4 Å². The molecule has 3 fully saturated rings. The zero-order valence-corrected chi connectivity index (χ0v) is 10.0. The number of carbonyl (C=O) groups excluding carboxylic acids is 2. The van der Waals surface area contributed by atoms with E-state index in [1.165, 1.54) is 0 Å². The van der Waals surface area contributed by atoms with E-state index in [1.807, 2.05) is 30.3 Å². The van der Waals surface area contributed by atoms with Crippen LogP contribution in [0.5, 0.6) is 0 Å². The van der Waals surface area contributed by atoms with E-state index < -0.39 is 5.54 Å². The third-order valence-electron chi connectivity index (χ3n) is 3.91. The standard InChI is InChI=1S/C14H15NO3/c16-10-14-6-12(7-14)8-15(14)13(17)18-9-11-4-2-1-3-5-11/h1-5,10,12H,6-9H2. The van der Waals surface area contributed by atoms with Crippen molar-refractivity contribution in [2.75, 3.05) is 6.54 Å². The number of amides is 1. The van der Waals surface area contributed by atoms with Crippen LogP contribution in [0.4, 0.5) is 4.79 Å². The van der Waals surface area contributed by atoms with E-state index in [-0.39, 0.29) is 12.7 Å². The molecule has 0 N–H and O–H groups in total. The summed E-state index contributed by atoms with van der Waals surface area (Å²) in [7, 11) is 0. The third kappa shape index (κ3) is 1.68. The van der Waals surface area contributed by atoms with E-state index in [0.717, 1.165) is 24.7 Å². The van der Waals surface area contributed by atoms with Gasteiger partial charge in [0.15, 0.2) is 0 Å². The third-order valence-corrected chi connectivity index (χ3v) is 3.91. The number of rotatable bonds is 3. The summed E-state index contributed by atoms with van der Waals surface area (Å²) in [6.45, 7) is 0.919. The predicted molar refractivity (Wildman–Crippen MR) is 64.9 cm³/mol. The fourth-order valence-electron chi connectivity index (χ4n) is 2.94.